The van der Waals surface area contributed by atoms with Crippen LogP contribution < -0.4 is 15.5 Å². The summed E-state index contributed by atoms with van der Waals surface area (Å²) in [5.74, 6) is 0.397. The Morgan fingerprint density at radius 3 is 2.61 bits per heavy atom. The highest BCUT2D eigenvalue weighted by molar-refractivity contribution is 9.10. The largest absolute Gasteiger partial charge is 0.417 e. The van der Waals surface area contributed by atoms with Gasteiger partial charge in [0, 0.05) is 42.5 Å². The number of carbonyl (C=O) groups is 2. The summed E-state index contributed by atoms with van der Waals surface area (Å²) < 4.78 is 39.0. The quantitative estimate of drug-likeness (QED) is 0.607. The molecule has 0 radical (unpaired) electrons. The molecule has 11 heteroatoms. The van der Waals surface area contributed by atoms with E-state index in [9.17, 15) is 22.8 Å². The number of alkyl halides is 3. The standard InChI is InChI=1S/C22H23BrF3N5O2/c1-12-7-14(8-18(28-12)30-20(32)13-4-5-13)21(33)29-16-3-2-6-31(11-16)19-17(23)9-15(10-27-19)22(24,25)26/h7-10,13,16H,2-6,11H2,1H3,(H,29,33)(H,28,30,32). The van der Waals surface area contributed by atoms with Crippen molar-refractivity contribution < 1.29 is 22.8 Å². The summed E-state index contributed by atoms with van der Waals surface area (Å²) in [6, 6.07) is 4.01. The molecule has 1 atom stereocenters. The molecule has 3 heterocycles. The molecule has 1 saturated carbocycles. The molecule has 2 N–H and O–H groups in total. The third-order valence-corrected chi connectivity index (χ3v) is 6.20. The van der Waals surface area contributed by atoms with Gasteiger partial charge in [-0.2, -0.15) is 13.2 Å². The zero-order chi connectivity index (χ0) is 23.8. The minimum Gasteiger partial charge on any atom is -0.354 e. The molecule has 4 rings (SSSR count). The Morgan fingerprint density at radius 2 is 1.94 bits per heavy atom. The van der Waals surface area contributed by atoms with Crippen LogP contribution in [0.25, 0.3) is 0 Å². The number of pyridine rings is 2. The second-order valence-electron chi connectivity index (χ2n) is 8.43. The van der Waals surface area contributed by atoms with E-state index in [0.717, 1.165) is 37.9 Å². The third-order valence-electron chi connectivity index (χ3n) is 5.62. The Bertz CT molecular complexity index is 1070. The Hall–Kier alpha value is -2.69. The average molecular weight is 526 g/mol. The second kappa shape index (κ2) is 9.28. The summed E-state index contributed by atoms with van der Waals surface area (Å²) in [5.41, 5.74) is 0.175. The van der Waals surface area contributed by atoms with Crippen LogP contribution in [0.5, 0.6) is 0 Å². The smallest absolute Gasteiger partial charge is 0.354 e. The van der Waals surface area contributed by atoms with Crippen LogP contribution in [0.3, 0.4) is 0 Å². The van der Waals surface area contributed by atoms with Gasteiger partial charge in [0.05, 0.1) is 10.0 Å². The summed E-state index contributed by atoms with van der Waals surface area (Å²) >= 11 is 3.20. The van der Waals surface area contributed by atoms with Crippen molar-refractivity contribution in [3.8, 4) is 0 Å². The molecule has 33 heavy (non-hydrogen) atoms. The zero-order valence-corrected chi connectivity index (χ0v) is 19.5. The molecule has 2 amide bonds. The number of hydrogen-bond donors (Lipinski definition) is 2. The van der Waals surface area contributed by atoms with Crippen LogP contribution in [0.4, 0.5) is 24.8 Å². The first kappa shape index (κ1) is 23.5. The van der Waals surface area contributed by atoms with Crippen molar-refractivity contribution in [1.29, 1.82) is 0 Å². The molecular weight excluding hydrogens is 503 g/mol. The van der Waals surface area contributed by atoms with Gasteiger partial charge < -0.3 is 15.5 Å². The molecule has 2 fully saturated rings. The van der Waals surface area contributed by atoms with Crippen molar-refractivity contribution >= 4 is 39.4 Å². The van der Waals surface area contributed by atoms with Crippen LogP contribution in [-0.2, 0) is 11.0 Å². The van der Waals surface area contributed by atoms with Crippen LogP contribution in [0.1, 0.15) is 47.3 Å². The fourth-order valence-electron chi connectivity index (χ4n) is 3.81. The molecule has 2 aromatic rings. The van der Waals surface area contributed by atoms with Crippen molar-refractivity contribution in [2.75, 3.05) is 23.3 Å². The maximum absolute atomic E-state index is 12.9. The molecule has 0 spiro atoms. The maximum atomic E-state index is 12.9. The number of carbonyl (C=O) groups excluding carboxylic acids is 2. The van der Waals surface area contributed by atoms with E-state index in [1.54, 1.807) is 19.1 Å². The van der Waals surface area contributed by atoms with E-state index in [4.69, 9.17) is 0 Å². The van der Waals surface area contributed by atoms with Gasteiger partial charge >= 0.3 is 6.18 Å². The number of piperidine rings is 1. The van der Waals surface area contributed by atoms with E-state index in [0.29, 0.717) is 36.0 Å². The zero-order valence-electron chi connectivity index (χ0n) is 17.9. The van der Waals surface area contributed by atoms with Crippen LogP contribution >= 0.6 is 15.9 Å². The van der Waals surface area contributed by atoms with Gasteiger partial charge in [0.1, 0.15) is 11.6 Å². The van der Waals surface area contributed by atoms with Gasteiger partial charge in [0.2, 0.25) is 5.91 Å². The molecule has 2 aliphatic rings. The van der Waals surface area contributed by atoms with Gasteiger partial charge in [0.15, 0.2) is 0 Å². The molecule has 7 nitrogen and oxygen atoms in total. The Balaban J connectivity index is 1.43. The van der Waals surface area contributed by atoms with Crippen LogP contribution in [-0.4, -0.2) is 40.9 Å². The van der Waals surface area contributed by atoms with E-state index in [2.05, 4.69) is 36.5 Å². The summed E-state index contributed by atoms with van der Waals surface area (Å²) in [6.45, 7) is 2.78. The Labute approximate surface area is 197 Å². The minimum atomic E-state index is -4.47. The Morgan fingerprint density at radius 1 is 1.18 bits per heavy atom. The number of aryl methyl sites for hydroxylation is 1. The molecule has 2 aromatic heterocycles. The van der Waals surface area contributed by atoms with Crippen LogP contribution in [0.2, 0.25) is 0 Å². The second-order valence-corrected chi connectivity index (χ2v) is 9.29. The van der Waals surface area contributed by atoms with Crippen molar-refractivity contribution in [2.24, 2.45) is 5.92 Å². The van der Waals surface area contributed by atoms with Crippen LogP contribution in [0, 0.1) is 12.8 Å². The van der Waals surface area contributed by atoms with Crippen molar-refractivity contribution in [3.63, 3.8) is 0 Å². The number of nitrogens with one attached hydrogen (secondary N) is 2. The molecule has 0 bridgehead atoms. The lowest BCUT2D eigenvalue weighted by Crippen LogP contribution is -2.48. The first-order valence-corrected chi connectivity index (χ1v) is 11.5. The normalized spacial score (nSPS) is 18.7. The Kier molecular flexibility index (Phi) is 6.60. The maximum Gasteiger partial charge on any atom is 0.417 e. The van der Waals surface area contributed by atoms with Crippen molar-refractivity contribution in [3.05, 3.63) is 45.7 Å². The van der Waals surface area contributed by atoms with Gasteiger partial charge in [-0.3, -0.25) is 9.59 Å². The number of aromatic nitrogens is 2. The predicted octanol–water partition coefficient (Wildman–Crippen LogP) is 4.31. The average Bonchev–Trinajstić information content (AvgIpc) is 3.58. The number of anilines is 2. The highest BCUT2D eigenvalue weighted by Gasteiger charge is 2.33. The topological polar surface area (TPSA) is 87.2 Å². The molecule has 1 aliphatic heterocycles. The molecule has 1 saturated heterocycles. The summed E-state index contributed by atoms with van der Waals surface area (Å²) in [6.07, 6.45) is -0.431. The van der Waals surface area contributed by atoms with Gasteiger partial charge in [-0.15, -0.1) is 0 Å². The van der Waals surface area contributed by atoms with Gasteiger partial charge in [-0.05, 0) is 66.7 Å². The van der Waals surface area contributed by atoms with Gasteiger partial charge in [-0.25, -0.2) is 9.97 Å². The molecule has 0 aromatic carbocycles. The first-order valence-electron chi connectivity index (χ1n) is 10.7. The fourth-order valence-corrected chi connectivity index (χ4v) is 4.41. The summed E-state index contributed by atoms with van der Waals surface area (Å²) in [7, 11) is 0. The highest BCUT2D eigenvalue weighted by atomic mass is 79.9. The van der Waals surface area contributed by atoms with Crippen molar-refractivity contribution in [2.45, 2.75) is 44.8 Å². The lowest BCUT2D eigenvalue weighted by atomic mass is 10.0. The van der Waals surface area contributed by atoms with E-state index >= 15 is 0 Å². The number of amides is 2. The van der Waals surface area contributed by atoms with E-state index in [1.807, 2.05) is 4.90 Å². The van der Waals surface area contributed by atoms with Gasteiger partial charge in [0.25, 0.3) is 5.91 Å². The van der Waals surface area contributed by atoms with Gasteiger partial charge in [-0.1, -0.05) is 0 Å². The van der Waals surface area contributed by atoms with Crippen molar-refractivity contribution in [1.82, 2.24) is 15.3 Å². The van der Waals surface area contributed by atoms with E-state index < -0.39 is 11.7 Å². The van der Waals surface area contributed by atoms with E-state index in [1.165, 1.54) is 0 Å². The van der Waals surface area contributed by atoms with Crippen LogP contribution in [0.15, 0.2) is 28.9 Å². The lowest BCUT2D eigenvalue weighted by molar-refractivity contribution is -0.137. The van der Waals surface area contributed by atoms with E-state index in [-0.39, 0.29) is 28.2 Å². The summed E-state index contributed by atoms with van der Waals surface area (Å²) in [5, 5.41) is 5.75. The lowest BCUT2D eigenvalue weighted by Gasteiger charge is -2.34. The number of rotatable bonds is 5. The first-order chi connectivity index (χ1) is 15.6. The predicted molar refractivity (Wildman–Crippen MR) is 120 cm³/mol. The number of hydrogen-bond acceptors (Lipinski definition) is 5. The number of halogens is 4. The summed E-state index contributed by atoms with van der Waals surface area (Å²) in [4.78, 5) is 35.1. The molecule has 1 unspecified atom stereocenters. The highest BCUT2D eigenvalue weighted by Crippen LogP contribution is 2.34. The SMILES string of the molecule is Cc1cc(C(=O)NC2CCCN(c3ncc(C(F)(F)F)cc3Br)C2)cc(NC(=O)C2CC2)n1. The molecule has 176 valence electrons. The monoisotopic (exact) mass is 525 g/mol. The minimum absolute atomic E-state index is 0.0240. The molecular formula is C22H23BrF3N5O2. The molecule has 1 aliphatic carbocycles. The fraction of sp³-hybridized carbons (Fsp3) is 0.455. The number of nitrogens with zero attached hydrogens (tertiary/aromatic N) is 3. The third kappa shape index (κ3) is 5.82.